The summed E-state index contributed by atoms with van der Waals surface area (Å²) in [7, 11) is -1.84. The lowest BCUT2D eigenvalue weighted by Crippen LogP contribution is -2.21. The third-order valence-electron chi connectivity index (χ3n) is 0.815. The number of sulfonamides is 1. The van der Waals surface area contributed by atoms with E-state index in [0.29, 0.717) is 6.29 Å². The number of aldehydes is 1. The van der Waals surface area contributed by atoms with Crippen LogP contribution in [0.4, 0.5) is 0 Å². The molecule has 0 rings (SSSR count). The third-order valence-corrected chi connectivity index (χ3v) is 2.21. The summed E-state index contributed by atoms with van der Waals surface area (Å²) in [5, 5.41) is 0. The lowest BCUT2D eigenvalue weighted by atomic mass is 10.6. The fourth-order valence-electron chi connectivity index (χ4n) is 0.305. The van der Waals surface area contributed by atoms with Gasteiger partial charge in [-0.1, -0.05) is 0 Å². The molecule has 5 heteroatoms. The van der Waals surface area contributed by atoms with Gasteiger partial charge in [-0.15, -0.1) is 0 Å². The van der Waals surface area contributed by atoms with Crippen molar-refractivity contribution in [3.63, 3.8) is 0 Å². The minimum absolute atomic E-state index is 0.0587. The van der Waals surface area contributed by atoms with Gasteiger partial charge in [0.15, 0.2) is 0 Å². The average Bonchev–Trinajstić information content (AvgIpc) is 1.84. The van der Waals surface area contributed by atoms with Crippen molar-refractivity contribution in [3.8, 4) is 0 Å². The molecule has 4 nitrogen and oxygen atoms in total. The van der Waals surface area contributed by atoms with E-state index in [9.17, 15) is 13.2 Å². The molecule has 0 aliphatic heterocycles. The first-order chi connectivity index (χ1) is 4.12. The Bertz CT molecular complexity index is 172. The fourth-order valence-corrected chi connectivity index (χ4v) is 0.916. The van der Waals surface area contributed by atoms with Gasteiger partial charge in [0.05, 0.1) is 5.75 Å². The molecule has 0 saturated carbocycles. The molecule has 0 spiro atoms. The molecule has 0 aromatic carbocycles. The molecule has 1 N–H and O–H groups in total. The van der Waals surface area contributed by atoms with E-state index in [2.05, 4.69) is 4.72 Å². The summed E-state index contributed by atoms with van der Waals surface area (Å²) < 4.78 is 23.1. The van der Waals surface area contributed by atoms with Crippen LogP contribution in [0.2, 0.25) is 0 Å². The van der Waals surface area contributed by atoms with Gasteiger partial charge in [0.25, 0.3) is 0 Å². The molecule has 0 aliphatic carbocycles. The smallest absolute Gasteiger partial charge is 0.211 e. The van der Waals surface area contributed by atoms with Crippen molar-refractivity contribution in [2.24, 2.45) is 0 Å². The van der Waals surface area contributed by atoms with Gasteiger partial charge in [-0.2, -0.15) is 0 Å². The number of hydrogen-bond donors (Lipinski definition) is 1. The minimum Gasteiger partial charge on any atom is -0.303 e. The van der Waals surface area contributed by atoms with Crippen LogP contribution in [0.1, 0.15) is 6.42 Å². The van der Waals surface area contributed by atoms with Crippen LogP contribution in [0.3, 0.4) is 0 Å². The van der Waals surface area contributed by atoms with Gasteiger partial charge in [-0.05, 0) is 7.05 Å². The number of nitrogens with one attached hydrogen (secondary N) is 1. The summed E-state index contributed by atoms with van der Waals surface area (Å²) in [6, 6.07) is 0. The van der Waals surface area contributed by atoms with Gasteiger partial charge in [-0.3, -0.25) is 0 Å². The second-order valence-corrected chi connectivity index (χ2v) is 3.52. The van der Waals surface area contributed by atoms with Gasteiger partial charge < -0.3 is 4.79 Å². The highest BCUT2D eigenvalue weighted by Gasteiger charge is 2.03. The van der Waals surface area contributed by atoms with Crippen molar-refractivity contribution >= 4 is 16.3 Å². The van der Waals surface area contributed by atoms with Crippen LogP contribution in [-0.2, 0) is 14.8 Å². The molecule has 0 aliphatic rings. The first kappa shape index (κ1) is 8.58. The van der Waals surface area contributed by atoms with E-state index in [0.717, 1.165) is 0 Å². The monoisotopic (exact) mass is 151 g/mol. The van der Waals surface area contributed by atoms with Crippen molar-refractivity contribution in [2.75, 3.05) is 12.8 Å². The van der Waals surface area contributed by atoms with Crippen LogP contribution in [0, 0.1) is 0 Å². The second kappa shape index (κ2) is 3.58. The van der Waals surface area contributed by atoms with Gasteiger partial charge in [0.1, 0.15) is 6.29 Å². The Morgan fingerprint density at radius 3 is 2.44 bits per heavy atom. The van der Waals surface area contributed by atoms with Crippen LogP contribution in [-0.4, -0.2) is 27.5 Å². The highest BCUT2D eigenvalue weighted by atomic mass is 32.2. The number of hydrogen-bond acceptors (Lipinski definition) is 3. The molecule has 0 fully saturated rings. The van der Waals surface area contributed by atoms with Gasteiger partial charge in [-0.25, -0.2) is 13.1 Å². The predicted molar refractivity (Wildman–Crippen MR) is 33.5 cm³/mol. The van der Waals surface area contributed by atoms with Crippen LogP contribution < -0.4 is 4.72 Å². The highest BCUT2D eigenvalue weighted by molar-refractivity contribution is 7.89. The molecule has 54 valence electrons. The molecule has 0 bridgehead atoms. The van der Waals surface area contributed by atoms with Crippen molar-refractivity contribution in [3.05, 3.63) is 0 Å². The Morgan fingerprint density at radius 2 is 2.11 bits per heavy atom. The Balaban J connectivity index is 3.74. The molecule has 0 unspecified atom stereocenters. The summed E-state index contributed by atoms with van der Waals surface area (Å²) >= 11 is 0. The van der Waals surface area contributed by atoms with E-state index in [4.69, 9.17) is 0 Å². The van der Waals surface area contributed by atoms with Crippen LogP contribution in [0.5, 0.6) is 0 Å². The molecular formula is C4H9NO3S. The minimum atomic E-state index is -3.16. The van der Waals surface area contributed by atoms with E-state index in [1.807, 2.05) is 0 Å². The van der Waals surface area contributed by atoms with Crippen LogP contribution in [0.15, 0.2) is 0 Å². The van der Waals surface area contributed by atoms with E-state index in [1.165, 1.54) is 7.05 Å². The quantitative estimate of drug-likeness (QED) is 0.531. The topological polar surface area (TPSA) is 63.2 Å². The lowest BCUT2D eigenvalue weighted by molar-refractivity contribution is -0.107. The summed E-state index contributed by atoms with van der Waals surface area (Å²) in [4.78, 5) is 9.68. The highest BCUT2D eigenvalue weighted by Crippen LogP contribution is 1.83. The standard InChI is InChI=1S/C4H9NO3S/c1-5-9(7,8)4-2-3-6/h3,5H,2,4H2,1H3. The Morgan fingerprint density at radius 1 is 1.56 bits per heavy atom. The molecule has 0 amide bonds. The maximum Gasteiger partial charge on any atom is 0.211 e. The maximum absolute atomic E-state index is 10.5. The molecule has 0 atom stereocenters. The zero-order chi connectivity index (χ0) is 7.33. The van der Waals surface area contributed by atoms with Gasteiger partial charge >= 0.3 is 0 Å². The first-order valence-corrected chi connectivity index (χ1v) is 4.12. The predicted octanol–water partition coefficient (Wildman–Crippen LogP) is -0.875. The molecule has 0 saturated heterocycles. The maximum atomic E-state index is 10.5. The number of carbonyl (C=O) groups is 1. The van der Waals surface area contributed by atoms with E-state index >= 15 is 0 Å². The number of carbonyl (C=O) groups excluding carboxylic acids is 1. The van der Waals surface area contributed by atoms with E-state index < -0.39 is 10.0 Å². The van der Waals surface area contributed by atoms with Gasteiger partial charge in [0.2, 0.25) is 10.0 Å². The summed E-state index contributed by atoms with van der Waals surface area (Å²) in [5.41, 5.74) is 0. The van der Waals surface area contributed by atoms with E-state index in [-0.39, 0.29) is 12.2 Å². The fraction of sp³-hybridized carbons (Fsp3) is 0.750. The molecule has 0 heterocycles. The SMILES string of the molecule is CNS(=O)(=O)CCC=O. The molecule has 9 heavy (non-hydrogen) atoms. The van der Waals surface area contributed by atoms with Crippen molar-refractivity contribution in [1.82, 2.24) is 4.72 Å². The molecular weight excluding hydrogens is 142 g/mol. The van der Waals surface area contributed by atoms with Gasteiger partial charge in [0, 0.05) is 6.42 Å². The Hall–Kier alpha value is -0.420. The Kier molecular flexibility index (Phi) is 3.41. The van der Waals surface area contributed by atoms with Crippen molar-refractivity contribution in [2.45, 2.75) is 6.42 Å². The van der Waals surface area contributed by atoms with Crippen LogP contribution >= 0.6 is 0 Å². The number of rotatable bonds is 4. The van der Waals surface area contributed by atoms with E-state index in [1.54, 1.807) is 0 Å². The third kappa shape index (κ3) is 4.11. The lowest BCUT2D eigenvalue weighted by Gasteiger charge is -1.95. The molecule has 0 radical (unpaired) electrons. The summed E-state index contributed by atoms with van der Waals surface area (Å²) in [6.07, 6.45) is 0.637. The Labute approximate surface area is 54.3 Å². The molecule has 0 aromatic rings. The summed E-state index contributed by atoms with van der Waals surface area (Å²) in [6.45, 7) is 0. The average molecular weight is 151 g/mol. The second-order valence-electron chi connectivity index (χ2n) is 1.48. The van der Waals surface area contributed by atoms with Crippen molar-refractivity contribution < 1.29 is 13.2 Å². The van der Waals surface area contributed by atoms with Crippen molar-refractivity contribution in [1.29, 1.82) is 0 Å². The zero-order valence-corrected chi connectivity index (χ0v) is 5.94. The zero-order valence-electron chi connectivity index (χ0n) is 5.12. The summed E-state index contributed by atoms with van der Waals surface area (Å²) in [5.74, 6) is -0.118. The first-order valence-electron chi connectivity index (χ1n) is 2.47. The largest absolute Gasteiger partial charge is 0.303 e. The molecule has 0 aromatic heterocycles. The normalized spacial score (nSPS) is 11.2. The van der Waals surface area contributed by atoms with Crippen LogP contribution in [0.25, 0.3) is 0 Å².